The Labute approximate surface area is 138 Å². The van der Waals surface area contributed by atoms with Gasteiger partial charge in [-0.25, -0.2) is 9.37 Å². The minimum Gasteiger partial charge on any atom is -0.435 e. The first kappa shape index (κ1) is 15.1. The summed E-state index contributed by atoms with van der Waals surface area (Å²) in [5.41, 5.74) is 1.41. The molecule has 0 saturated carbocycles. The highest BCUT2D eigenvalue weighted by Gasteiger charge is 2.34. The lowest BCUT2D eigenvalue weighted by molar-refractivity contribution is -0.182. The van der Waals surface area contributed by atoms with Crippen LogP contribution in [0.15, 0.2) is 30.5 Å². The van der Waals surface area contributed by atoms with Crippen LogP contribution in [0.5, 0.6) is 11.6 Å². The van der Waals surface area contributed by atoms with E-state index in [2.05, 4.69) is 4.98 Å². The molecule has 3 heterocycles. The van der Waals surface area contributed by atoms with E-state index in [4.69, 9.17) is 19.5 Å². The van der Waals surface area contributed by atoms with Crippen LogP contribution >= 0.6 is 0 Å². The smallest absolute Gasteiger partial charge is 0.225 e. The molecule has 1 aromatic carbocycles. The van der Waals surface area contributed by atoms with Gasteiger partial charge in [-0.2, -0.15) is 5.26 Å². The Morgan fingerprint density at radius 2 is 2.21 bits per heavy atom. The van der Waals surface area contributed by atoms with Crippen molar-refractivity contribution in [1.29, 1.82) is 5.26 Å². The average molecular weight is 326 g/mol. The van der Waals surface area contributed by atoms with Gasteiger partial charge in [0.25, 0.3) is 0 Å². The predicted molar refractivity (Wildman–Crippen MR) is 81.9 cm³/mol. The van der Waals surface area contributed by atoms with Crippen LogP contribution in [0.25, 0.3) is 0 Å². The number of halogens is 1. The van der Waals surface area contributed by atoms with Crippen molar-refractivity contribution in [1.82, 2.24) is 4.98 Å². The van der Waals surface area contributed by atoms with Crippen LogP contribution in [-0.2, 0) is 9.47 Å². The topological polar surface area (TPSA) is 64.4 Å². The minimum atomic E-state index is -0.599. The van der Waals surface area contributed by atoms with Gasteiger partial charge in [-0.05, 0) is 43.5 Å². The van der Waals surface area contributed by atoms with E-state index in [0.717, 1.165) is 25.3 Å². The Hall–Kier alpha value is -2.49. The number of nitrogens with zero attached hydrogens (tertiary/aromatic N) is 2. The number of benzene rings is 1. The molecule has 5 nitrogen and oxygen atoms in total. The molecule has 1 aromatic heterocycles. The first-order chi connectivity index (χ1) is 11.8. The van der Waals surface area contributed by atoms with Crippen molar-refractivity contribution in [2.45, 2.75) is 31.7 Å². The fourth-order valence-corrected chi connectivity index (χ4v) is 3.05. The average Bonchev–Trinajstić information content (AvgIpc) is 2.63. The highest BCUT2D eigenvalue weighted by molar-refractivity contribution is 5.53. The van der Waals surface area contributed by atoms with Crippen LogP contribution in [0, 0.1) is 17.1 Å². The molecule has 122 valence electrons. The number of pyridine rings is 1. The standard InChI is InChI=1S/C18H15FN2O3/c19-14-9-11(10-20)8-13-16(23-15-5-1-2-7-22-15)12-4-3-6-21-18(12)24-17(13)14/h3-4,6,8-9,15-16H,1-2,5,7H2. The fourth-order valence-electron chi connectivity index (χ4n) is 3.05. The van der Waals surface area contributed by atoms with Crippen LogP contribution < -0.4 is 4.74 Å². The molecule has 4 rings (SSSR count). The van der Waals surface area contributed by atoms with Crippen molar-refractivity contribution >= 4 is 0 Å². The van der Waals surface area contributed by atoms with Crippen molar-refractivity contribution in [2.24, 2.45) is 0 Å². The Morgan fingerprint density at radius 3 is 3.00 bits per heavy atom. The maximum atomic E-state index is 14.4. The van der Waals surface area contributed by atoms with Gasteiger partial charge in [0, 0.05) is 23.9 Å². The molecule has 0 spiro atoms. The largest absolute Gasteiger partial charge is 0.435 e. The summed E-state index contributed by atoms with van der Waals surface area (Å²) >= 11 is 0. The highest BCUT2D eigenvalue weighted by atomic mass is 19.1. The Balaban J connectivity index is 1.79. The van der Waals surface area contributed by atoms with E-state index in [1.165, 1.54) is 0 Å². The van der Waals surface area contributed by atoms with Crippen molar-refractivity contribution in [2.75, 3.05) is 6.61 Å². The molecule has 0 bridgehead atoms. The molecule has 24 heavy (non-hydrogen) atoms. The van der Waals surface area contributed by atoms with E-state index in [0.29, 0.717) is 23.6 Å². The molecule has 2 unspecified atom stereocenters. The zero-order valence-electron chi connectivity index (χ0n) is 12.9. The van der Waals surface area contributed by atoms with Crippen LogP contribution in [0.1, 0.15) is 42.1 Å². The second-order valence-corrected chi connectivity index (χ2v) is 5.80. The van der Waals surface area contributed by atoms with Crippen molar-refractivity contribution in [3.63, 3.8) is 0 Å². The third-order valence-electron chi connectivity index (χ3n) is 4.19. The molecular weight excluding hydrogens is 311 g/mol. The van der Waals surface area contributed by atoms with Gasteiger partial charge in [-0.15, -0.1) is 0 Å². The number of fused-ring (bicyclic) bond motifs is 2. The zero-order valence-corrected chi connectivity index (χ0v) is 12.9. The van der Waals surface area contributed by atoms with Crippen molar-refractivity contribution < 1.29 is 18.6 Å². The third kappa shape index (κ3) is 2.62. The van der Waals surface area contributed by atoms with Gasteiger partial charge in [-0.3, -0.25) is 0 Å². The SMILES string of the molecule is N#Cc1cc(F)c2c(c1)C(OC1CCCCO1)c1cccnc1O2. The maximum absolute atomic E-state index is 14.4. The number of nitriles is 1. The summed E-state index contributed by atoms with van der Waals surface area (Å²) in [6.07, 6.45) is 3.45. The number of rotatable bonds is 2. The molecule has 2 aliphatic rings. The van der Waals surface area contributed by atoms with E-state index < -0.39 is 11.9 Å². The lowest BCUT2D eigenvalue weighted by atomic mass is 9.96. The molecule has 2 aliphatic heterocycles. The van der Waals surface area contributed by atoms with Gasteiger partial charge in [0.05, 0.1) is 11.6 Å². The van der Waals surface area contributed by atoms with E-state index in [9.17, 15) is 4.39 Å². The summed E-state index contributed by atoms with van der Waals surface area (Å²) in [5, 5.41) is 9.13. The number of aromatic nitrogens is 1. The van der Waals surface area contributed by atoms with Gasteiger partial charge < -0.3 is 14.2 Å². The van der Waals surface area contributed by atoms with Gasteiger partial charge >= 0.3 is 0 Å². The van der Waals surface area contributed by atoms with Gasteiger partial charge in [0.2, 0.25) is 5.88 Å². The summed E-state index contributed by atoms with van der Waals surface area (Å²) in [6.45, 7) is 0.646. The highest BCUT2D eigenvalue weighted by Crippen LogP contribution is 2.46. The number of hydrogen-bond acceptors (Lipinski definition) is 5. The van der Waals surface area contributed by atoms with Crippen LogP contribution in [0.2, 0.25) is 0 Å². The lowest BCUT2D eigenvalue weighted by Gasteiger charge is -2.32. The quantitative estimate of drug-likeness (QED) is 0.839. The summed E-state index contributed by atoms with van der Waals surface area (Å²) in [7, 11) is 0. The Morgan fingerprint density at radius 1 is 1.29 bits per heavy atom. The van der Waals surface area contributed by atoms with Crippen LogP contribution in [0.4, 0.5) is 4.39 Å². The summed E-state index contributed by atoms with van der Waals surface area (Å²) < 4.78 is 31.8. The summed E-state index contributed by atoms with van der Waals surface area (Å²) in [4.78, 5) is 4.17. The maximum Gasteiger partial charge on any atom is 0.225 e. The van der Waals surface area contributed by atoms with E-state index in [1.54, 1.807) is 18.3 Å². The van der Waals surface area contributed by atoms with Gasteiger partial charge in [-0.1, -0.05) is 0 Å². The molecule has 6 heteroatoms. The van der Waals surface area contributed by atoms with Crippen LogP contribution in [-0.4, -0.2) is 17.9 Å². The molecule has 0 aliphatic carbocycles. The Bertz CT molecular complexity index is 812. The molecule has 2 atom stereocenters. The minimum absolute atomic E-state index is 0.0565. The lowest BCUT2D eigenvalue weighted by Crippen LogP contribution is -2.26. The monoisotopic (exact) mass is 326 g/mol. The zero-order chi connectivity index (χ0) is 16.5. The number of hydrogen-bond donors (Lipinski definition) is 0. The van der Waals surface area contributed by atoms with Gasteiger partial charge in [0.1, 0.15) is 6.10 Å². The van der Waals surface area contributed by atoms with E-state index in [-0.39, 0.29) is 17.6 Å². The second kappa shape index (κ2) is 6.19. The van der Waals surface area contributed by atoms with Crippen molar-refractivity contribution in [3.8, 4) is 17.7 Å². The van der Waals surface area contributed by atoms with Gasteiger partial charge in [0.15, 0.2) is 17.9 Å². The molecule has 0 N–H and O–H groups in total. The molecular formula is C18H15FN2O3. The fraction of sp³-hybridized carbons (Fsp3) is 0.333. The molecule has 1 saturated heterocycles. The van der Waals surface area contributed by atoms with E-state index in [1.807, 2.05) is 12.1 Å². The van der Waals surface area contributed by atoms with E-state index >= 15 is 0 Å². The molecule has 0 amide bonds. The first-order valence-corrected chi connectivity index (χ1v) is 7.89. The first-order valence-electron chi connectivity index (χ1n) is 7.89. The third-order valence-corrected chi connectivity index (χ3v) is 4.19. The molecule has 0 radical (unpaired) electrons. The Kier molecular flexibility index (Phi) is 3.89. The molecule has 1 fully saturated rings. The second-order valence-electron chi connectivity index (χ2n) is 5.80. The normalized spacial score (nSPS) is 22.0. The van der Waals surface area contributed by atoms with Crippen LogP contribution in [0.3, 0.4) is 0 Å². The predicted octanol–water partition coefficient (Wildman–Crippen LogP) is 3.83. The number of ether oxygens (including phenoxy) is 3. The molecule has 2 aromatic rings. The summed E-state index contributed by atoms with van der Waals surface area (Å²) in [5.74, 6) is -0.228. The van der Waals surface area contributed by atoms with Crippen molar-refractivity contribution in [3.05, 3.63) is 53.0 Å². The summed E-state index contributed by atoms with van der Waals surface area (Å²) in [6, 6.07) is 8.32.